The van der Waals surface area contributed by atoms with Gasteiger partial charge in [-0.25, -0.2) is 9.78 Å². The Bertz CT molecular complexity index is 502. The average molecular weight is 280 g/mol. The second kappa shape index (κ2) is 4.42. The summed E-state index contributed by atoms with van der Waals surface area (Å²) < 4.78 is 9.98. The molecular weight excluding hydrogens is 264 g/mol. The minimum atomic E-state index is -0.195. The van der Waals surface area contributed by atoms with Crippen LogP contribution in [-0.4, -0.2) is 33.6 Å². The zero-order chi connectivity index (χ0) is 12.8. The van der Waals surface area contributed by atoms with Gasteiger partial charge in [0.2, 0.25) is 5.13 Å². The van der Waals surface area contributed by atoms with Gasteiger partial charge in [-0.1, -0.05) is 0 Å². The number of aromatic nitrogens is 2. The summed E-state index contributed by atoms with van der Waals surface area (Å²) >= 11 is 1.26. The molecule has 6 nitrogen and oxygen atoms in total. The maximum Gasteiger partial charge on any atom is 0.321 e. The Balaban J connectivity index is 1.33. The average Bonchev–Trinajstić information content (AvgIpc) is 2.83. The molecule has 0 aromatic carbocycles. The molecule has 3 atom stereocenters. The topological polar surface area (TPSA) is 76.1 Å². The van der Waals surface area contributed by atoms with Crippen LogP contribution in [0.1, 0.15) is 43.8 Å². The Morgan fingerprint density at radius 3 is 2.89 bits per heavy atom. The van der Waals surface area contributed by atoms with Crippen molar-refractivity contribution in [1.82, 2.24) is 14.7 Å². The van der Waals surface area contributed by atoms with Crippen LogP contribution in [0.15, 0.2) is 0 Å². The van der Waals surface area contributed by atoms with Crippen molar-refractivity contribution in [3.8, 4) is 0 Å². The first kappa shape index (κ1) is 11.6. The van der Waals surface area contributed by atoms with Gasteiger partial charge in [-0.3, -0.25) is 5.32 Å². The lowest BCUT2D eigenvalue weighted by atomic mass is 9.96. The van der Waals surface area contributed by atoms with Gasteiger partial charge >= 0.3 is 6.03 Å². The minimum absolute atomic E-state index is 0.148. The second-order valence-corrected chi connectivity index (χ2v) is 6.30. The van der Waals surface area contributed by atoms with E-state index in [0.717, 1.165) is 25.1 Å². The summed E-state index contributed by atoms with van der Waals surface area (Å²) in [4.78, 5) is 16.2. The van der Waals surface area contributed by atoms with Gasteiger partial charge in [0.15, 0.2) is 0 Å². The van der Waals surface area contributed by atoms with Gasteiger partial charge in [0, 0.05) is 17.5 Å². The van der Waals surface area contributed by atoms with E-state index in [2.05, 4.69) is 20.0 Å². The molecule has 2 amide bonds. The molecule has 1 aromatic heterocycles. The summed E-state index contributed by atoms with van der Waals surface area (Å²) in [5, 5.41) is 6.33. The number of rotatable bonds is 3. The number of hydrogen-bond acceptors (Lipinski definition) is 5. The third-order valence-electron chi connectivity index (χ3n) is 4.03. The van der Waals surface area contributed by atoms with Crippen LogP contribution in [0.3, 0.4) is 0 Å². The zero-order valence-electron chi connectivity index (χ0n) is 10.5. The van der Waals surface area contributed by atoms with Crippen LogP contribution in [-0.2, 0) is 4.74 Å². The fourth-order valence-corrected chi connectivity index (χ4v) is 3.53. The van der Waals surface area contributed by atoms with E-state index in [1.807, 2.05) is 0 Å². The molecule has 0 spiro atoms. The van der Waals surface area contributed by atoms with Gasteiger partial charge in [-0.15, -0.1) is 0 Å². The Kier molecular flexibility index (Phi) is 2.70. The monoisotopic (exact) mass is 280 g/mol. The van der Waals surface area contributed by atoms with Crippen LogP contribution < -0.4 is 10.6 Å². The van der Waals surface area contributed by atoms with Crippen molar-refractivity contribution >= 4 is 22.7 Å². The molecule has 2 saturated heterocycles. The van der Waals surface area contributed by atoms with Crippen molar-refractivity contribution in [2.24, 2.45) is 0 Å². The number of nitrogens with zero attached hydrogens (tertiary/aromatic N) is 2. The smallest absolute Gasteiger partial charge is 0.321 e. The summed E-state index contributed by atoms with van der Waals surface area (Å²) in [5.74, 6) is 1.40. The molecule has 3 aliphatic rings. The summed E-state index contributed by atoms with van der Waals surface area (Å²) in [6.45, 7) is 0. The fraction of sp³-hybridized carbons (Fsp3) is 0.750. The van der Waals surface area contributed by atoms with E-state index in [1.54, 1.807) is 0 Å². The molecule has 102 valence electrons. The van der Waals surface area contributed by atoms with Gasteiger partial charge in [0.1, 0.15) is 5.82 Å². The summed E-state index contributed by atoms with van der Waals surface area (Å²) in [5.41, 5.74) is 0. The molecule has 2 N–H and O–H groups in total. The lowest BCUT2D eigenvalue weighted by Gasteiger charge is -2.19. The number of nitrogens with one attached hydrogen (secondary N) is 2. The number of amides is 2. The van der Waals surface area contributed by atoms with Crippen LogP contribution in [0.2, 0.25) is 0 Å². The van der Waals surface area contributed by atoms with Crippen LogP contribution in [0.4, 0.5) is 9.93 Å². The van der Waals surface area contributed by atoms with Crippen LogP contribution in [0.25, 0.3) is 0 Å². The Morgan fingerprint density at radius 1 is 1.32 bits per heavy atom. The van der Waals surface area contributed by atoms with Crippen molar-refractivity contribution < 1.29 is 9.53 Å². The van der Waals surface area contributed by atoms with Crippen molar-refractivity contribution in [2.45, 2.75) is 56.3 Å². The first-order chi connectivity index (χ1) is 9.28. The quantitative estimate of drug-likeness (QED) is 0.886. The Hall–Kier alpha value is -1.21. The highest BCUT2D eigenvalue weighted by molar-refractivity contribution is 7.09. The standard InChI is InChI=1S/C12H16N4O2S/c17-11(13-8-5-7-3-4-9(8)18-7)15-12-14-10(16-19-12)6-1-2-6/h6-9H,1-5H2,(H2,13,14,15,16,17)/t7-,8-,9+/m1/s1. The molecule has 1 saturated carbocycles. The Morgan fingerprint density at radius 2 is 2.21 bits per heavy atom. The summed E-state index contributed by atoms with van der Waals surface area (Å²) in [6.07, 6.45) is 6.01. The highest BCUT2D eigenvalue weighted by Gasteiger charge is 2.41. The van der Waals surface area contributed by atoms with E-state index < -0.39 is 0 Å². The third-order valence-corrected chi connectivity index (χ3v) is 4.67. The number of carbonyl (C=O) groups is 1. The van der Waals surface area contributed by atoms with E-state index in [1.165, 1.54) is 24.4 Å². The van der Waals surface area contributed by atoms with E-state index in [-0.39, 0.29) is 18.2 Å². The van der Waals surface area contributed by atoms with Crippen molar-refractivity contribution in [1.29, 1.82) is 0 Å². The van der Waals surface area contributed by atoms with Gasteiger partial charge in [0.05, 0.1) is 18.2 Å². The SMILES string of the molecule is O=C(Nc1nc(C2CC2)ns1)N[C@@H]1C[C@H]2CC[C@@H]1O2. The Labute approximate surface area is 115 Å². The van der Waals surface area contributed by atoms with Crippen molar-refractivity contribution in [2.75, 3.05) is 5.32 Å². The summed E-state index contributed by atoms with van der Waals surface area (Å²) in [6, 6.07) is -0.0470. The molecule has 7 heteroatoms. The predicted octanol–water partition coefficient (Wildman–Crippen LogP) is 1.86. The molecule has 19 heavy (non-hydrogen) atoms. The first-order valence-electron chi connectivity index (χ1n) is 6.84. The van der Waals surface area contributed by atoms with Crippen molar-refractivity contribution in [3.05, 3.63) is 5.82 Å². The zero-order valence-corrected chi connectivity index (χ0v) is 11.3. The normalized spacial score (nSPS) is 32.5. The van der Waals surface area contributed by atoms with Gasteiger partial charge in [0.25, 0.3) is 0 Å². The lowest BCUT2D eigenvalue weighted by Crippen LogP contribution is -2.43. The molecule has 2 bridgehead atoms. The first-order valence-corrected chi connectivity index (χ1v) is 7.62. The van der Waals surface area contributed by atoms with Gasteiger partial charge in [-0.05, 0) is 32.1 Å². The highest BCUT2D eigenvalue weighted by atomic mass is 32.1. The van der Waals surface area contributed by atoms with E-state index in [9.17, 15) is 4.79 Å². The molecule has 1 aliphatic carbocycles. The van der Waals surface area contributed by atoms with Gasteiger partial charge in [-0.2, -0.15) is 4.37 Å². The number of carbonyl (C=O) groups excluding carboxylic acids is 1. The van der Waals surface area contributed by atoms with E-state index >= 15 is 0 Å². The lowest BCUT2D eigenvalue weighted by molar-refractivity contribution is 0.0984. The van der Waals surface area contributed by atoms with Crippen molar-refractivity contribution in [3.63, 3.8) is 0 Å². The van der Waals surface area contributed by atoms with Crippen LogP contribution in [0, 0.1) is 0 Å². The molecule has 0 unspecified atom stereocenters. The molecule has 3 heterocycles. The maximum absolute atomic E-state index is 11.9. The molecule has 3 fully saturated rings. The molecular formula is C12H16N4O2S. The van der Waals surface area contributed by atoms with Crippen LogP contribution >= 0.6 is 11.5 Å². The molecule has 4 rings (SSSR count). The van der Waals surface area contributed by atoms with Crippen LogP contribution in [0.5, 0.6) is 0 Å². The highest BCUT2D eigenvalue weighted by Crippen LogP contribution is 2.39. The third kappa shape index (κ3) is 2.32. The van der Waals surface area contributed by atoms with E-state index in [0.29, 0.717) is 17.2 Å². The number of fused-ring (bicyclic) bond motifs is 2. The maximum atomic E-state index is 11.9. The van der Waals surface area contributed by atoms with Gasteiger partial charge < -0.3 is 10.1 Å². The molecule has 2 aliphatic heterocycles. The predicted molar refractivity (Wildman–Crippen MR) is 70.3 cm³/mol. The molecule has 0 radical (unpaired) electrons. The number of ether oxygens (including phenoxy) is 1. The molecule has 1 aromatic rings. The second-order valence-electron chi connectivity index (χ2n) is 5.55. The number of anilines is 1. The fourth-order valence-electron chi connectivity index (χ4n) is 2.88. The largest absolute Gasteiger partial charge is 0.373 e. The number of hydrogen-bond donors (Lipinski definition) is 2. The van der Waals surface area contributed by atoms with E-state index in [4.69, 9.17) is 4.74 Å². The number of urea groups is 1. The minimum Gasteiger partial charge on any atom is -0.373 e. The summed E-state index contributed by atoms with van der Waals surface area (Å²) in [7, 11) is 0.